The highest BCUT2D eigenvalue weighted by molar-refractivity contribution is 7.92. The lowest BCUT2D eigenvalue weighted by Crippen LogP contribution is -2.21. The fourth-order valence-electron chi connectivity index (χ4n) is 2.50. The molecule has 0 spiro atoms. The van der Waals surface area contributed by atoms with Crippen LogP contribution < -0.4 is 4.72 Å². The van der Waals surface area contributed by atoms with Crippen LogP contribution in [0.1, 0.15) is 11.1 Å². The molecule has 12 heteroatoms. The number of benzene rings is 2. The summed E-state index contributed by atoms with van der Waals surface area (Å²) >= 11 is 0. The first-order chi connectivity index (χ1) is 12.4. The molecule has 8 nitrogen and oxygen atoms in total. The molecular weight excluding hydrogens is 406 g/mol. The van der Waals surface area contributed by atoms with Crippen LogP contribution >= 0.6 is 0 Å². The first-order valence-electron chi connectivity index (χ1n) is 7.29. The third-order valence-corrected chi connectivity index (χ3v) is 6.81. The Kier molecular flexibility index (Phi) is 5.52. The highest BCUT2D eigenvalue weighted by Crippen LogP contribution is 2.33. The second-order valence-electron chi connectivity index (χ2n) is 5.58. The number of sulfone groups is 1. The van der Waals surface area contributed by atoms with Crippen molar-refractivity contribution in [2.24, 2.45) is 0 Å². The van der Waals surface area contributed by atoms with E-state index >= 15 is 0 Å². The normalized spacial score (nSPS) is 12.0. The standard InChI is InChI=1S/C15H14F2N2O6S2/c1-9-12(16)14(18-27(24,25)11-6-4-3-5-7-11)13(17)10(2)15(9)26(22,23)8-19(20)21/h3-7,18H,8H2,1-2H3. The number of hydrogen-bond acceptors (Lipinski definition) is 6. The van der Waals surface area contributed by atoms with Gasteiger partial charge in [0, 0.05) is 16.1 Å². The average Bonchev–Trinajstić information content (AvgIpc) is 2.56. The number of halogens is 2. The molecule has 2 aromatic rings. The van der Waals surface area contributed by atoms with Gasteiger partial charge >= 0.3 is 5.88 Å². The van der Waals surface area contributed by atoms with Crippen molar-refractivity contribution in [1.82, 2.24) is 0 Å². The summed E-state index contributed by atoms with van der Waals surface area (Å²) in [6.45, 7) is 1.93. The Labute approximate surface area is 154 Å². The van der Waals surface area contributed by atoms with Crippen LogP contribution in [0, 0.1) is 35.6 Å². The van der Waals surface area contributed by atoms with E-state index in [-0.39, 0.29) is 4.90 Å². The van der Waals surface area contributed by atoms with Crippen molar-refractivity contribution >= 4 is 25.5 Å². The van der Waals surface area contributed by atoms with Gasteiger partial charge in [-0.1, -0.05) is 18.2 Å². The van der Waals surface area contributed by atoms with E-state index < -0.39 is 64.0 Å². The predicted octanol–water partition coefficient (Wildman–Crippen LogP) is 2.39. The quantitative estimate of drug-likeness (QED) is 0.565. The minimum absolute atomic E-state index is 0.260. The molecule has 0 radical (unpaired) electrons. The maximum Gasteiger partial charge on any atom is 0.305 e. The molecule has 0 aliphatic rings. The molecule has 0 heterocycles. The molecule has 0 unspecified atom stereocenters. The molecule has 27 heavy (non-hydrogen) atoms. The lowest BCUT2D eigenvalue weighted by Gasteiger charge is -2.16. The number of hydrogen-bond donors (Lipinski definition) is 1. The summed E-state index contributed by atoms with van der Waals surface area (Å²) in [4.78, 5) is 8.26. The number of nitro groups is 1. The topological polar surface area (TPSA) is 123 Å². The molecule has 1 N–H and O–H groups in total. The molecule has 2 aromatic carbocycles. The lowest BCUT2D eigenvalue weighted by molar-refractivity contribution is -0.458. The fraction of sp³-hybridized carbons (Fsp3) is 0.200. The van der Waals surface area contributed by atoms with Crippen molar-refractivity contribution in [3.05, 3.63) is 63.2 Å². The van der Waals surface area contributed by atoms with Crippen LogP contribution in [0.5, 0.6) is 0 Å². The minimum atomic E-state index is -4.63. The lowest BCUT2D eigenvalue weighted by atomic mass is 10.1. The number of nitrogens with zero attached hydrogens (tertiary/aromatic N) is 1. The largest absolute Gasteiger partial charge is 0.305 e. The number of nitrogens with one attached hydrogen (secondary N) is 1. The summed E-state index contributed by atoms with van der Waals surface area (Å²) in [6, 6.07) is 6.76. The van der Waals surface area contributed by atoms with Gasteiger partial charge < -0.3 is 0 Å². The number of sulfonamides is 1. The number of rotatable bonds is 6. The van der Waals surface area contributed by atoms with Gasteiger partial charge in [0.05, 0.1) is 9.79 Å². The summed E-state index contributed by atoms with van der Waals surface area (Å²) in [5.74, 6) is -4.50. The van der Waals surface area contributed by atoms with Crippen LogP contribution in [-0.4, -0.2) is 27.6 Å². The van der Waals surface area contributed by atoms with E-state index in [0.29, 0.717) is 0 Å². The zero-order valence-electron chi connectivity index (χ0n) is 14.1. The zero-order chi connectivity index (χ0) is 20.6. The average molecular weight is 420 g/mol. The van der Waals surface area contributed by atoms with Crippen LogP contribution in [0.2, 0.25) is 0 Å². The van der Waals surface area contributed by atoms with Crippen LogP contribution in [0.25, 0.3) is 0 Å². The molecule has 0 saturated carbocycles. The Morgan fingerprint density at radius 3 is 1.93 bits per heavy atom. The Morgan fingerprint density at radius 1 is 1.00 bits per heavy atom. The molecule has 0 aliphatic heterocycles. The molecule has 0 aliphatic carbocycles. The molecule has 0 fully saturated rings. The van der Waals surface area contributed by atoms with Crippen molar-refractivity contribution < 1.29 is 30.5 Å². The molecule has 0 bridgehead atoms. The Morgan fingerprint density at radius 2 is 1.48 bits per heavy atom. The van der Waals surface area contributed by atoms with Crippen LogP contribution in [0.3, 0.4) is 0 Å². The van der Waals surface area contributed by atoms with Gasteiger partial charge in [0.2, 0.25) is 9.84 Å². The second kappa shape index (κ2) is 7.19. The zero-order valence-corrected chi connectivity index (χ0v) is 15.7. The Hall–Kier alpha value is -2.60. The van der Waals surface area contributed by atoms with Crippen molar-refractivity contribution in [3.63, 3.8) is 0 Å². The Bertz CT molecular complexity index is 1090. The molecule has 0 saturated heterocycles. The maximum absolute atomic E-state index is 14.6. The molecule has 0 atom stereocenters. The van der Waals surface area contributed by atoms with Crippen LogP contribution in [0.15, 0.2) is 40.1 Å². The molecule has 146 valence electrons. The number of anilines is 1. The van der Waals surface area contributed by atoms with Crippen LogP contribution in [-0.2, 0) is 19.9 Å². The third kappa shape index (κ3) is 4.06. The van der Waals surface area contributed by atoms with Crippen molar-refractivity contribution in [2.75, 3.05) is 10.6 Å². The third-order valence-electron chi connectivity index (χ3n) is 3.65. The van der Waals surface area contributed by atoms with E-state index in [4.69, 9.17) is 0 Å². The minimum Gasteiger partial charge on any atom is -0.274 e. The predicted molar refractivity (Wildman–Crippen MR) is 92.1 cm³/mol. The second-order valence-corrected chi connectivity index (χ2v) is 9.16. The van der Waals surface area contributed by atoms with Gasteiger partial charge in [-0.3, -0.25) is 14.8 Å². The summed E-state index contributed by atoms with van der Waals surface area (Å²) < 4.78 is 79.8. The summed E-state index contributed by atoms with van der Waals surface area (Å²) in [5, 5.41) is 10.5. The van der Waals surface area contributed by atoms with E-state index in [1.165, 1.54) is 24.3 Å². The monoisotopic (exact) mass is 420 g/mol. The van der Waals surface area contributed by atoms with E-state index in [2.05, 4.69) is 0 Å². The van der Waals surface area contributed by atoms with Gasteiger partial charge in [0.1, 0.15) is 5.69 Å². The highest BCUT2D eigenvalue weighted by Gasteiger charge is 2.32. The highest BCUT2D eigenvalue weighted by atomic mass is 32.2. The van der Waals surface area contributed by atoms with E-state index in [9.17, 15) is 35.7 Å². The molecular formula is C15H14F2N2O6S2. The first-order valence-corrected chi connectivity index (χ1v) is 10.4. The van der Waals surface area contributed by atoms with Crippen molar-refractivity contribution in [1.29, 1.82) is 0 Å². The van der Waals surface area contributed by atoms with Gasteiger partial charge in [0.15, 0.2) is 11.6 Å². The van der Waals surface area contributed by atoms with Gasteiger partial charge in [-0.15, -0.1) is 0 Å². The van der Waals surface area contributed by atoms with E-state index in [0.717, 1.165) is 13.8 Å². The van der Waals surface area contributed by atoms with Gasteiger partial charge in [-0.25, -0.2) is 25.6 Å². The maximum atomic E-state index is 14.6. The summed E-state index contributed by atoms with van der Waals surface area (Å²) in [7, 11) is -8.98. The van der Waals surface area contributed by atoms with Gasteiger partial charge in [-0.05, 0) is 26.0 Å². The van der Waals surface area contributed by atoms with Gasteiger partial charge in [0.25, 0.3) is 10.0 Å². The summed E-state index contributed by atoms with van der Waals surface area (Å²) in [5.41, 5.74) is -2.31. The van der Waals surface area contributed by atoms with Crippen molar-refractivity contribution in [3.8, 4) is 0 Å². The van der Waals surface area contributed by atoms with Crippen LogP contribution in [0.4, 0.5) is 14.5 Å². The fourth-order valence-corrected chi connectivity index (χ4v) is 5.10. The Balaban J connectivity index is 2.64. The molecule has 0 amide bonds. The van der Waals surface area contributed by atoms with E-state index in [1.54, 1.807) is 10.8 Å². The van der Waals surface area contributed by atoms with Gasteiger partial charge in [-0.2, -0.15) is 0 Å². The van der Waals surface area contributed by atoms with E-state index in [1.807, 2.05) is 0 Å². The smallest absolute Gasteiger partial charge is 0.274 e. The SMILES string of the molecule is Cc1c(F)c(NS(=O)(=O)c2ccccc2)c(F)c(C)c1S(=O)(=O)C[N+](=O)[O-]. The summed E-state index contributed by atoms with van der Waals surface area (Å²) in [6.07, 6.45) is 0. The first kappa shape index (κ1) is 20.7. The van der Waals surface area contributed by atoms with Crippen molar-refractivity contribution in [2.45, 2.75) is 23.6 Å². The molecule has 0 aromatic heterocycles. The molecule has 2 rings (SSSR count).